The third-order valence-electron chi connectivity index (χ3n) is 4.20. The summed E-state index contributed by atoms with van der Waals surface area (Å²) in [6, 6.07) is 6.57. The molecule has 1 aromatic carbocycles. The SMILES string of the molecule is CNCc1ccc(Br)cc1N(C)CC1CCN(C)CC1. The summed E-state index contributed by atoms with van der Waals surface area (Å²) in [5, 5.41) is 3.26. The van der Waals surface area contributed by atoms with Gasteiger partial charge >= 0.3 is 0 Å². The number of hydrogen-bond acceptors (Lipinski definition) is 3. The Morgan fingerprint density at radius 1 is 1.35 bits per heavy atom. The van der Waals surface area contributed by atoms with Crippen molar-refractivity contribution in [3.8, 4) is 0 Å². The average Bonchev–Trinajstić information content (AvgIpc) is 2.43. The summed E-state index contributed by atoms with van der Waals surface area (Å²) in [6.45, 7) is 4.54. The van der Waals surface area contributed by atoms with Crippen molar-refractivity contribution in [1.82, 2.24) is 10.2 Å². The highest BCUT2D eigenvalue weighted by atomic mass is 79.9. The predicted molar refractivity (Wildman–Crippen MR) is 90.4 cm³/mol. The van der Waals surface area contributed by atoms with E-state index in [1.54, 1.807) is 0 Å². The van der Waals surface area contributed by atoms with Gasteiger partial charge in [0, 0.05) is 30.3 Å². The van der Waals surface area contributed by atoms with E-state index >= 15 is 0 Å². The monoisotopic (exact) mass is 339 g/mol. The second kappa shape index (κ2) is 7.43. The summed E-state index contributed by atoms with van der Waals surface area (Å²) in [7, 11) is 6.45. The highest BCUT2D eigenvalue weighted by Gasteiger charge is 2.19. The molecule has 0 unspecified atom stereocenters. The molecule has 0 amide bonds. The van der Waals surface area contributed by atoms with Gasteiger partial charge in [-0.05, 0) is 63.6 Å². The topological polar surface area (TPSA) is 18.5 Å². The van der Waals surface area contributed by atoms with Crippen LogP contribution in [-0.4, -0.2) is 45.7 Å². The fourth-order valence-electron chi connectivity index (χ4n) is 2.96. The number of nitrogens with zero attached hydrogens (tertiary/aromatic N) is 2. The third-order valence-corrected chi connectivity index (χ3v) is 4.69. The quantitative estimate of drug-likeness (QED) is 0.889. The molecule has 1 aromatic rings. The number of piperidine rings is 1. The number of likely N-dealkylation sites (tertiary alicyclic amines) is 1. The zero-order valence-electron chi connectivity index (χ0n) is 12.8. The zero-order chi connectivity index (χ0) is 14.5. The summed E-state index contributed by atoms with van der Waals surface area (Å²) in [5.74, 6) is 0.817. The molecule has 4 heteroatoms. The maximum atomic E-state index is 3.60. The van der Waals surface area contributed by atoms with Crippen LogP contribution in [0.5, 0.6) is 0 Å². The fraction of sp³-hybridized carbons (Fsp3) is 0.625. The molecule has 0 aromatic heterocycles. The van der Waals surface area contributed by atoms with Gasteiger partial charge < -0.3 is 15.1 Å². The minimum absolute atomic E-state index is 0.817. The van der Waals surface area contributed by atoms with Crippen LogP contribution in [0.4, 0.5) is 5.69 Å². The molecule has 0 saturated carbocycles. The Labute approximate surface area is 131 Å². The molecule has 1 N–H and O–H groups in total. The second-order valence-electron chi connectivity index (χ2n) is 5.93. The highest BCUT2D eigenvalue weighted by Crippen LogP contribution is 2.27. The molecular formula is C16H26BrN3. The number of benzene rings is 1. The van der Waals surface area contributed by atoms with Crippen LogP contribution in [0.2, 0.25) is 0 Å². The number of anilines is 1. The second-order valence-corrected chi connectivity index (χ2v) is 6.85. The molecule has 112 valence electrons. The highest BCUT2D eigenvalue weighted by molar-refractivity contribution is 9.10. The van der Waals surface area contributed by atoms with Crippen molar-refractivity contribution in [3.05, 3.63) is 28.2 Å². The average molecular weight is 340 g/mol. The molecule has 0 aliphatic carbocycles. The van der Waals surface area contributed by atoms with Crippen molar-refractivity contribution in [2.24, 2.45) is 5.92 Å². The predicted octanol–water partition coefficient (Wildman–Crippen LogP) is 2.95. The van der Waals surface area contributed by atoms with Crippen LogP contribution in [0.1, 0.15) is 18.4 Å². The van der Waals surface area contributed by atoms with E-state index < -0.39 is 0 Å². The minimum atomic E-state index is 0.817. The van der Waals surface area contributed by atoms with Crippen LogP contribution in [0.25, 0.3) is 0 Å². The van der Waals surface area contributed by atoms with Gasteiger partial charge in [-0.1, -0.05) is 22.0 Å². The van der Waals surface area contributed by atoms with E-state index in [2.05, 4.69) is 63.3 Å². The summed E-state index contributed by atoms with van der Waals surface area (Å²) < 4.78 is 1.16. The third kappa shape index (κ3) is 4.21. The van der Waals surface area contributed by atoms with Gasteiger partial charge in [-0.25, -0.2) is 0 Å². The molecule has 0 radical (unpaired) electrons. The van der Waals surface area contributed by atoms with E-state index in [0.717, 1.165) is 23.5 Å². The smallest absolute Gasteiger partial charge is 0.0420 e. The number of halogens is 1. The molecule has 1 saturated heterocycles. The van der Waals surface area contributed by atoms with Crippen molar-refractivity contribution >= 4 is 21.6 Å². The van der Waals surface area contributed by atoms with Gasteiger partial charge in [0.25, 0.3) is 0 Å². The van der Waals surface area contributed by atoms with E-state index in [4.69, 9.17) is 0 Å². The van der Waals surface area contributed by atoms with Crippen LogP contribution in [0, 0.1) is 5.92 Å². The van der Waals surface area contributed by atoms with Gasteiger partial charge in [0.1, 0.15) is 0 Å². The lowest BCUT2D eigenvalue weighted by Gasteiger charge is -2.33. The maximum Gasteiger partial charge on any atom is 0.0420 e. The van der Waals surface area contributed by atoms with Crippen molar-refractivity contribution < 1.29 is 0 Å². The summed E-state index contributed by atoms with van der Waals surface area (Å²) in [4.78, 5) is 4.86. The zero-order valence-corrected chi connectivity index (χ0v) is 14.4. The molecule has 1 aliphatic heterocycles. The molecule has 1 fully saturated rings. The lowest BCUT2D eigenvalue weighted by molar-refractivity contribution is 0.222. The molecule has 0 atom stereocenters. The van der Waals surface area contributed by atoms with Crippen LogP contribution in [-0.2, 0) is 6.54 Å². The molecule has 1 aliphatic rings. The lowest BCUT2D eigenvalue weighted by atomic mass is 9.96. The van der Waals surface area contributed by atoms with Crippen molar-refractivity contribution in [2.45, 2.75) is 19.4 Å². The van der Waals surface area contributed by atoms with Gasteiger partial charge in [0.15, 0.2) is 0 Å². The largest absolute Gasteiger partial charge is 0.374 e. The summed E-state index contributed by atoms with van der Waals surface area (Å²) in [5.41, 5.74) is 2.71. The standard InChI is InChI=1S/C16H26BrN3/c1-18-11-14-4-5-15(17)10-16(14)20(3)12-13-6-8-19(2)9-7-13/h4-5,10,13,18H,6-9,11-12H2,1-3H3. The van der Waals surface area contributed by atoms with Crippen molar-refractivity contribution in [2.75, 3.05) is 45.7 Å². The van der Waals surface area contributed by atoms with Crippen LogP contribution < -0.4 is 10.2 Å². The first-order valence-corrected chi connectivity index (χ1v) is 8.22. The normalized spacial score (nSPS) is 17.4. The minimum Gasteiger partial charge on any atom is -0.374 e. The van der Waals surface area contributed by atoms with E-state index in [-0.39, 0.29) is 0 Å². The number of hydrogen-bond donors (Lipinski definition) is 1. The van der Waals surface area contributed by atoms with Gasteiger partial charge in [0.2, 0.25) is 0 Å². The molecule has 20 heavy (non-hydrogen) atoms. The summed E-state index contributed by atoms with van der Waals surface area (Å²) >= 11 is 3.60. The Kier molecular flexibility index (Phi) is 5.87. The molecule has 0 spiro atoms. The molecule has 0 bridgehead atoms. The Balaban J connectivity index is 2.04. The van der Waals surface area contributed by atoms with Gasteiger partial charge in [-0.2, -0.15) is 0 Å². The first-order valence-electron chi connectivity index (χ1n) is 7.43. The number of rotatable bonds is 5. The Bertz CT molecular complexity index is 428. The van der Waals surface area contributed by atoms with Crippen molar-refractivity contribution in [1.29, 1.82) is 0 Å². The van der Waals surface area contributed by atoms with Crippen LogP contribution in [0.15, 0.2) is 22.7 Å². The summed E-state index contributed by atoms with van der Waals surface area (Å²) in [6.07, 6.45) is 2.63. The number of nitrogens with one attached hydrogen (secondary N) is 1. The Hall–Kier alpha value is -0.580. The van der Waals surface area contributed by atoms with E-state index in [9.17, 15) is 0 Å². The first-order chi connectivity index (χ1) is 9.60. The Morgan fingerprint density at radius 2 is 2.05 bits per heavy atom. The van der Waals surface area contributed by atoms with Gasteiger partial charge in [-0.15, -0.1) is 0 Å². The Morgan fingerprint density at radius 3 is 2.70 bits per heavy atom. The van der Waals surface area contributed by atoms with E-state index in [0.29, 0.717) is 0 Å². The molecule has 2 rings (SSSR count). The van der Waals surface area contributed by atoms with E-state index in [1.165, 1.54) is 37.2 Å². The molecule has 3 nitrogen and oxygen atoms in total. The maximum absolute atomic E-state index is 3.60. The van der Waals surface area contributed by atoms with Gasteiger partial charge in [0.05, 0.1) is 0 Å². The first kappa shape index (κ1) is 15.8. The molecular weight excluding hydrogens is 314 g/mol. The fourth-order valence-corrected chi connectivity index (χ4v) is 3.31. The van der Waals surface area contributed by atoms with Gasteiger partial charge in [-0.3, -0.25) is 0 Å². The van der Waals surface area contributed by atoms with Crippen LogP contribution >= 0.6 is 15.9 Å². The van der Waals surface area contributed by atoms with Crippen molar-refractivity contribution in [3.63, 3.8) is 0 Å². The van der Waals surface area contributed by atoms with E-state index in [1.807, 2.05) is 7.05 Å². The lowest BCUT2D eigenvalue weighted by Crippen LogP contribution is -2.36. The van der Waals surface area contributed by atoms with Crippen LogP contribution in [0.3, 0.4) is 0 Å². The molecule has 1 heterocycles.